The maximum Gasteiger partial charge on any atom is 0.0577 e. The van der Waals surface area contributed by atoms with Crippen molar-refractivity contribution < 1.29 is 10.2 Å². The first kappa shape index (κ1) is 25.3. The van der Waals surface area contributed by atoms with Crippen molar-refractivity contribution in [2.24, 2.45) is 46.3 Å². The maximum atomic E-state index is 10.2. The third kappa shape index (κ3) is 4.96. The second-order valence-corrected chi connectivity index (χ2v) is 12.5. The van der Waals surface area contributed by atoms with Crippen LogP contribution in [0.25, 0.3) is 0 Å². The highest BCUT2D eigenvalue weighted by Gasteiger charge is 2.59. The lowest BCUT2D eigenvalue weighted by atomic mass is 9.47. The fourth-order valence-electron chi connectivity index (χ4n) is 8.67. The second kappa shape index (κ2) is 10.3. The monoisotopic (exact) mass is 432 g/mol. The zero-order valence-electron chi connectivity index (χ0n) is 21.5. The van der Waals surface area contributed by atoms with Crippen LogP contribution >= 0.6 is 0 Å². The Morgan fingerprint density at radius 3 is 2.39 bits per heavy atom. The van der Waals surface area contributed by atoms with E-state index in [1.165, 1.54) is 57.8 Å². The average Bonchev–Trinajstić information content (AvgIpc) is 3.06. The largest absolute Gasteiger partial charge is 0.397 e. The first-order chi connectivity index (χ1) is 14.7. The lowest BCUT2D eigenvalue weighted by Crippen LogP contribution is -2.50. The van der Waals surface area contributed by atoms with E-state index in [2.05, 4.69) is 40.7 Å². The Balaban J connectivity index is 0.000000858. The van der Waals surface area contributed by atoms with Crippen LogP contribution in [0.15, 0.2) is 11.6 Å². The molecule has 0 aromatic carbocycles. The quantitative estimate of drug-likeness (QED) is 0.445. The Kier molecular flexibility index (Phi) is 8.39. The van der Waals surface area contributed by atoms with Gasteiger partial charge in [-0.15, -0.1) is 0 Å². The number of aliphatic hydroxyl groups excluding tert-OH is 2. The molecule has 8 atom stereocenters. The fraction of sp³-hybridized carbons (Fsp3) is 0.931. The normalized spacial score (nSPS) is 42.6. The molecule has 4 aliphatic carbocycles. The van der Waals surface area contributed by atoms with Gasteiger partial charge in [-0.1, -0.05) is 65.5 Å². The average molecular weight is 433 g/mol. The Morgan fingerprint density at radius 2 is 1.71 bits per heavy atom. The summed E-state index contributed by atoms with van der Waals surface area (Å²) in [5.74, 6) is 5.46. The van der Waals surface area contributed by atoms with Crippen molar-refractivity contribution in [2.75, 3.05) is 6.61 Å². The van der Waals surface area contributed by atoms with Crippen molar-refractivity contribution in [3.05, 3.63) is 11.6 Å². The van der Waals surface area contributed by atoms with Gasteiger partial charge < -0.3 is 10.2 Å². The van der Waals surface area contributed by atoms with E-state index in [1.807, 2.05) is 0 Å². The SMILES string of the molecule is CC(C)CCC[C@@H](C)[C@H]1CC[C@H]2[C@@H]3CC=C4C[C@@H](O)CC[C@]4(C)[C@H]3CC[C@]12C.CCO. The Bertz CT molecular complexity index is 610. The number of aliphatic hydroxyl groups is 2. The molecule has 31 heavy (non-hydrogen) atoms. The van der Waals surface area contributed by atoms with Crippen LogP contribution in [-0.4, -0.2) is 22.9 Å². The van der Waals surface area contributed by atoms with Crippen molar-refractivity contribution in [3.8, 4) is 0 Å². The molecular formula is C29H52O2. The smallest absolute Gasteiger partial charge is 0.0577 e. The summed E-state index contributed by atoms with van der Waals surface area (Å²) in [6, 6.07) is 0. The highest BCUT2D eigenvalue weighted by atomic mass is 16.3. The van der Waals surface area contributed by atoms with Crippen LogP contribution in [0, 0.1) is 46.3 Å². The van der Waals surface area contributed by atoms with E-state index < -0.39 is 0 Å². The molecular weight excluding hydrogens is 380 g/mol. The maximum absolute atomic E-state index is 10.2. The molecule has 0 amide bonds. The predicted molar refractivity (Wildman–Crippen MR) is 132 cm³/mol. The molecule has 0 radical (unpaired) electrons. The number of hydrogen-bond acceptors (Lipinski definition) is 2. The molecule has 0 aromatic heterocycles. The molecule has 3 fully saturated rings. The van der Waals surface area contributed by atoms with Gasteiger partial charge in [0.15, 0.2) is 0 Å². The van der Waals surface area contributed by atoms with Gasteiger partial charge in [-0.25, -0.2) is 0 Å². The number of rotatable bonds is 5. The van der Waals surface area contributed by atoms with Crippen LogP contribution in [0.3, 0.4) is 0 Å². The third-order valence-electron chi connectivity index (χ3n) is 10.3. The lowest BCUT2D eigenvalue weighted by molar-refractivity contribution is -0.0573. The summed E-state index contributed by atoms with van der Waals surface area (Å²) in [6.07, 6.45) is 17.2. The van der Waals surface area contributed by atoms with Crippen molar-refractivity contribution in [1.82, 2.24) is 0 Å². The van der Waals surface area contributed by atoms with E-state index in [9.17, 15) is 5.11 Å². The molecule has 0 spiro atoms. The molecule has 180 valence electrons. The van der Waals surface area contributed by atoms with Gasteiger partial charge in [0.2, 0.25) is 0 Å². The van der Waals surface area contributed by atoms with Gasteiger partial charge in [0.1, 0.15) is 0 Å². The molecule has 4 rings (SSSR count). The summed E-state index contributed by atoms with van der Waals surface area (Å²) in [5.41, 5.74) is 2.60. The first-order valence-corrected chi connectivity index (χ1v) is 13.7. The summed E-state index contributed by atoms with van der Waals surface area (Å²) >= 11 is 0. The first-order valence-electron chi connectivity index (χ1n) is 13.7. The Labute approximate surface area is 193 Å². The molecule has 3 saturated carbocycles. The van der Waals surface area contributed by atoms with Crippen molar-refractivity contribution in [2.45, 2.75) is 118 Å². The van der Waals surface area contributed by atoms with E-state index in [0.29, 0.717) is 10.8 Å². The molecule has 0 heterocycles. The summed E-state index contributed by atoms with van der Waals surface area (Å²) < 4.78 is 0. The van der Waals surface area contributed by atoms with E-state index in [0.717, 1.165) is 48.3 Å². The second-order valence-electron chi connectivity index (χ2n) is 12.5. The zero-order valence-corrected chi connectivity index (χ0v) is 21.5. The molecule has 2 nitrogen and oxygen atoms in total. The van der Waals surface area contributed by atoms with Gasteiger partial charge in [0.05, 0.1) is 6.10 Å². The minimum Gasteiger partial charge on any atom is -0.397 e. The number of fused-ring (bicyclic) bond motifs is 5. The minimum atomic E-state index is -0.0766. The summed E-state index contributed by atoms with van der Waals surface area (Å²) in [5, 5.41) is 17.8. The topological polar surface area (TPSA) is 40.5 Å². The van der Waals surface area contributed by atoms with Gasteiger partial charge in [-0.05, 0) is 105 Å². The summed E-state index contributed by atoms with van der Waals surface area (Å²) in [4.78, 5) is 0. The molecule has 2 N–H and O–H groups in total. The van der Waals surface area contributed by atoms with Crippen molar-refractivity contribution in [1.29, 1.82) is 0 Å². The molecule has 0 aromatic rings. The van der Waals surface area contributed by atoms with Crippen LogP contribution in [-0.2, 0) is 0 Å². The summed E-state index contributed by atoms with van der Waals surface area (Å²) in [7, 11) is 0. The van der Waals surface area contributed by atoms with Crippen LogP contribution < -0.4 is 0 Å². The van der Waals surface area contributed by atoms with Crippen LogP contribution in [0.2, 0.25) is 0 Å². The van der Waals surface area contributed by atoms with Gasteiger partial charge in [-0.3, -0.25) is 0 Å². The molecule has 2 heteroatoms. The molecule has 0 saturated heterocycles. The molecule has 0 bridgehead atoms. The highest BCUT2D eigenvalue weighted by molar-refractivity contribution is 5.25. The molecule has 0 unspecified atom stereocenters. The van der Waals surface area contributed by atoms with Gasteiger partial charge >= 0.3 is 0 Å². The predicted octanol–water partition coefficient (Wildman–Crippen LogP) is 7.39. The van der Waals surface area contributed by atoms with Crippen LogP contribution in [0.5, 0.6) is 0 Å². The zero-order chi connectivity index (χ0) is 22.8. The summed E-state index contributed by atoms with van der Waals surface area (Å²) in [6.45, 7) is 14.5. The van der Waals surface area contributed by atoms with E-state index in [-0.39, 0.29) is 12.7 Å². The number of allylic oxidation sites excluding steroid dienone is 1. The Hall–Kier alpha value is -0.340. The van der Waals surface area contributed by atoms with E-state index in [1.54, 1.807) is 12.5 Å². The van der Waals surface area contributed by atoms with E-state index in [4.69, 9.17) is 5.11 Å². The van der Waals surface area contributed by atoms with Crippen LogP contribution in [0.1, 0.15) is 112 Å². The van der Waals surface area contributed by atoms with Crippen molar-refractivity contribution >= 4 is 0 Å². The van der Waals surface area contributed by atoms with Crippen molar-refractivity contribution in [3.63, 3.8) is 0 Å². The third-order valence-corrected chi connectivity index (χ3v) is 10.3. The van der Waals surface area contributed by atoms with Crippen LogP contribution in [0.4, 0.5) is 0 Å². The van der Waals surface area contributed by atoms with Gasteiger partial charge in [-0.2, -0.15) is 0 Å². The minimum absolute atomic E-state index is 0.0766. The number of hydrogen-bond donors (Lipinski definition) is 2. The van der Waals surface area contributed by atoms with E-state index >= 15 is 0 Å². The van der Waals surface area contributed by atoms with Gasteiger partial charge in [0, 0.05) is 6.61 Å². The Morgan fingerprint density at radius 1 is 1.00 bits per heavy atom. The molecule has 0 aliphatic heterocycles. The lowest BCUT2D eigenvalue weighted by Gasteiger charge is -2.58. The fourth-order valence-corrected chi connectivity index (χ4v) is 8.67. The molecule has 4 aliphatic rings. The standard InChI is InChI=1S/C27H46O.C2H6O/c1-18(2)7-6-8-19(3)23-11-12-24-22-10-9-20-17-21(28)13-15-26(20,4)25(22)14-16-27(23,24)5;1-2-3/h9,18-19,21-25,28H,6-8,10-17H2,1-5H3;3H,2H2,1H3/t19-,21+,22+,23-,24+,25+,26+,27-;/m1./s1. The highest BCUT2D eigenvalue weighted by Crippen LogP contribution is 2.67. The van der Waals surface area contributed by atoms with Gasteiger partial charge in [0.25, 0.3) is 0 Å².